The number of carbonyl (C=O) groups excluding carboxylic acids is 1. The maximum absolute atomic E-state index is 12.7. The lowest BCUT2D eigenvalue weighted by Crippen LogP contribution is -2.25. The van der Waals surface area contributed by atoms with Gasteiger partial charge in [-0.3, -0.25) is 4.72 Å². The van der Waals surface area contributed by atoms with Crippen LogP contribution in [-0.4, -0.2) is 36.3 Å². The van der Waals surface area contributed by atoms with Crippen LogP contribution in [0.25, 0.3) is 11.0 Å². The van der Waals surface area contributed by atoms with E-state index in [4.69, 9.17) is 9.15 Å². The van der Waals surface area contributed by atoms with Gasteiger partial charge in [0.2, 0.25) is 0 Å². The predicted octanol–water partition coefficient (Wildman–Crippen LogP) is 2.96. The molecule has 0 spiro atoms. The van der Waals surface area contributed by atoms with Crippen LogP contribution < -0.4 is 19.8 Å². The van der Waals surface area contributed by atoms with Gasteiger partial charge in [-0.25, -0.2) is 18.5 Å². The fourth-order valence-corrected chi connectivity index (χ4v) is 3.38. The fraction of sp³-hybridized carbons (Fsp3) is 0.238. The molecule has 30 heavy (non-hydrogen) atoms. The van der Waals surface area contributed by atoms with Crippen LogP contribution in [0.5, 0.6) is 5.75 Å². The van der Waals surface area contributed by atoms with Crippen LogP contribution in [0.3, 0.4) is 0 Å². The van der Waals surface area contributed by atoms with Gasteiger partial charge in [-0.2, -0.15) is 0 Å². The number of hydrogen-bond donors (Lipinski definition) is 2. The molecular weight excluding hydrogens is 406 g/mol. The average molecular weight is 429 g/mol. The van der Waals surface area contributed by atoms with Crippen molar-refractivity contribution in [1.29, 1.82) is 0 Å². The van der Waals surface area contributed by atoms with Gasteiger partial charge in [-0.1, -0.05) is 12.1 Å². The van der Waals surface area contributed by atoms with Crippen LogP contribution in [0, 0.1) is 6.92 Å². The highest BCUT2D eigenvalue weighted by Gasteiger charge is 2.14. The highest BCUT2D eigenvalue weighted by Crippen LogP contribution is 2.26. The Bertz CT molecular complexity index is 1170. The molecule has 0 saturated carbocycles. The van der Waals surface area contributed by atoms with Crippen molar-refractivity contribution in [2.24, 2.45) is 0 Å². The first-order valence-electron chi connectivity index (χ1n) is 9.18. The van der Waals surface area contributed by atoms with Crippen LogP contribution in [0.1, 0.15) is 16.7 Å². The van der Waals surface area contributed by atoms with E-state index in [0.29, 0.717) is 29.0 Å². The summed E-state index contributed by atoms with van der Waals surface area (Å²) in [6, 6.07) is 12.3. The summed E-state index contributed by atoms with van der Waals surface area (Å²) in [5.41, 5.74) is 2.78. The predicted molar refractivity (Wildman–Crippen MR) is 117 cm³/mol. The molecular formula is C21H23N3O5S. The van der Waals surface area contributed by atoms with E-state index in [9.17, 15) is 13.8 Å². The molecule has 2 N–H and O–H groups in total. The van der Waals surface area contributed by atoms with Crippen molar-refractivity contribution in [3.8, 4) is 5.75 Å². The van der Waals surface area contributed by atoms with Crippen LogP contribution in [-0.2, 0) is 17.6 Å². The number of ether oxygens (including phenoxy) is 1. The van der Waals surface area contributed by atoms with Gasteiger partial charge in [0.25, 0.3) is 0 Å². The second-order valence-corrected chi connectivity index (χ2v) is 8.02. The third-order valence-electron chi connectivity index (χ3n) is 4.53. The Hall–Kier alpha value is -3.17. The second-order valence-electron chi connectivity index (χ2n) is 6.87. The van der Waals surface area contributed by atoms with Crippen molar-refractivity contribution < 1.29 is 18.2 Å². The first kappa shape index (κ1) is 21.5. The maximum Gasteiger partial charge on any atom is 0.414 e. The monoisotopic (exact) mass is 429 g/mol. The molecule has 3 rings (SSSR count). The van der Waals surface area contributed by atoms with E-state index in [1.807, 2.05) is 25.1 Å². The normalized spacial score (nSPS) is 11.9. The van der Waals surface area contributed by atoms with Crippen molar-refractivity contribution in [2.75, 3.05) is 25.9 Å². The minimum Gasteiger partial charge on any atom is -0.422 e. The molecule has 0 aliphatic rings. The number of aryl methyl sites for hydroxylation is 1. The van der Waals surface area contributed by atoms with Gasteiger partial charge < -0.3 is 14.1 Å². The van der Waals surface area contributed by atoms with E-state index in [-0.39, 0.29) is 0 Å². The number of rotatable bonds is 6. The van der Waals surface area contributed by atoms with Crippen LogP contribution in [0.15, 0.2) is 51.7 Å². The Morgan fingerprint density at radius 2 is 1.97 bits per heavy atom. The Balaban J connectivity index is 1.92. The molecule has 9 heteroatoms. The molecule has 1 atom stereocenters. The van der Waals surface area contributed by atoms with E-state index in [1.54, 1.807) is 39.3 Å². The van der Waals surface area contributed by atoms with Crippen LogP contribution in [0.2, 0.25) is 0 Å². The summed E-state index contributed by atoms with van der Waals surface area (Å²) in [6.45, 7) is 1.86. The number of amides is 1. The molecule has 0 radical (unpaired) electrons. The first-order valence-corrected chi connectivity index (χ1v) is 10.3. The van der Waals surface area contributed by atoms with Crippen LogP contribution in [0.4, 0.5) is 10.5 Å². The van der Waals surface area contributed by atoms with E-state index in [1.165, 1.54) is 11.0 Å². The number of carbonyl (C=O) groups is 1. The highest BCUT2D eigenvalue weighted by molar-refractivity contribution is 7.84. The summed E-state index contributed by atoms with van der Waals surface area (Å²) in [4.78, 5) is 25.7. The molecule has 2 aromatic carbocycles. The molecule has 1 heterocycles. The highest BCUT2D eigenvalue weighted by atomic mass is 32.2. The zero-order chi connectivity index (χ0) is 21.8. The Morgan fingerprint density at radius 1 is 1.20 bits per heavy atom. The van der Waals surface area contributed by atoms with Gasteiger partial charge in [0, 0.05) is 43.2 Å². The van der Waals surface area contributed by atoms with Gasteiger partial charge in [-0.05, 0) is 49.4 Å². The topological polar surface area (TPSA) is 101 Å². The van der Waals surface area contributed by atoms with Gasteiger partial charge in [0.05, 0.1) is 0 Å². The summed E-state index contributed by atoms with van der Waals surface area (Å²) in [5, 5.41) is 0.764. The zero-order valence-corrected chi connectivity index (χ0v) is 18.0. The number of benzene rings is 2. The Morgan fingerprint density at radius 3 is 2.67 bits per heavy atom. The standard InChI is InChI=1S/C21H23N3O5S/c1-13-17-9-8-16(28-21(26)24(3)4)12-19(17)29-20(25)18(13)11-14-6-5-7-15(10-14)23-30(27)22-2/h5-10,12,22-23H,11H2,1-4H3. The largest absolute Gasteiger partial charge is 0.422 e. The van der Waals surface area contributed by atoms with Crippen molar-refractivity contribution in [3.05, 3.63) is 69.6 Å². The average Bonchev–Trinajstić information content (AvgIpc) is 2.71. The summed E-state index contributed by atoms with van der Waals surface area (Å²) < 4.78 is 27.8. The minimum atomic E-state index is -1.39. The molecule has 1 unspecified atom stereocenters. The second kappa shape index (κ2) is 9.10. The summed E-state index contributed by atoms with van der Waals surface area (Å²) in [7, 11) is 4.76. The van der Waals surface area contributed by atoms with E-state index in [2.05, 4.69) is 9.44 Å². The molecule has 0 saturated heterocycles. The molecule has 0 aliphatic carbocycles. The quantitative estimate of drug-likeness (QED) is 0.587. The van der Waals surface area contributed by atoms with E-state index >= 15 is 0 Å². The van der Waals surface area contributed by atoms with Crippen molar-refractivity contribution in [2.45, 2.75) is 13.3 Å². The smallest absolute Gasteiger partial charge is 0.414 e. The number of anilines is 1. The van der Waals surface area contributed by atoms with Crippen molar-refractivity contribution >= 4 is 33.9 Å². The van der Waals surface area contributed by atoms with E-state index in [0.717, 1.165) is 16.5 Å². The van der Waals surface area contributed by atoms with Crippen molar-refractivity contribution in [3.63, 3.8) is 0 Å². The number of nitrogens with zero attached hydrogens (tertiary/aromatic N) is 1. The SMILES string of the molecule is CNS(=O)Nc1cccc(Cc2c(C)c3ccc(OC(=O)N(C)C)cc3oc2=O)c1. The number of hydrogen-bond acceptors (Lipinski definition) is 5. The molecule has 8 nitrogen and oxygen atoms in total. The summed E-state index contributed by atoms with van der Waals surface area (Å²) in [5.74, 6) is 0.299. The molecule has 1 aromatic heterocycles. The van der Waals surface area contributed by atoms with Crippen LogP contribution >= 0.6 is 0 Å². The van der Waals surface area contributed by atoms with Gasteiger partial charge in [0.1, 0.15) is 11.3 Å². The Kier molecular flexibility index (Phi) is 6.53. The summed E-state index contributed by atoms with van der Waals surface area (Å²) >= 11 is -1.39. The maximum atomic E-state index is 12.7. The summed E-state index contributed by atoms with van der Waals surface area (Å²) in [6.07, 6.45) is -0.152. The van der Waals surface area contributed by atoms with Gasteiger partial charge >= 0.3 is 11.7 Å². The number of nitrogens with one attached hydrogen (secondary N) is 2. The molecule has 0 fully saturated rings. The molecule has 3 aromatic rings. The van der Waals surface area contributed by atoms with E-state index < -0.39 is 22.9 Å². The first-order chi connectivity index (χ1) is 14.3. The third kappa shape index (κ3) is 4.87. The molecule has 1 amide bonds. The third-order valence-corrected chi connectivity index (χ3v) is 5.32. The lowest BCUT2D eigenvalue weighted by Gasteiger charge is -2.12. The fourth-order valence-electron chi connectivity index (χ4n) is 2.94. The lowest BCUT2D eigenvalue weighted by molar-refractivity contribution is 0.172. The molecule has 0 bridgehead atoms. The minimum absolute atomic E-state index is 0.299. The number of fused-ring (bicyclic) bond motifs is 1. The molecule has 158 valence electrons. The van der Waals surface area contributed by atoms with Gasteiger partial charge in [0.15, 0.2) is 11.2 Å². The van der Waals surface area contributed by atoms with Crippen molar-refractivity contribution in [1.82, 2.24) is 9.62 Å². The Labute approximate surface area is 176 Å². The lowest BCUT2D eigenvalue weighted by atomic mass is 9.99. The van der Waals surface area contributed by atoms with Gasteiger partial charge in [-0.15, -0.1) is 0 Å². The zero-order valence-electron chi connectivity index (χ0n) is 17.1. The molecule has 0 aliphatic heterocycles.